The Morgan fingerprint density at radius 2 is 2.07 bits per heavy atom. The Balaban J connectivity index is 1.58. The maximum atomic E-state index is 4.83. The number of aliphatic imine (C=N–C) groups is 1. The Morgan fingerprint density at radius 3 is 2.80 bits per heavy atom. The molecule has 2 heterocycles. The molecule has 0 bridgehead atoms. The summed E-state index contributed by atoms with van der Waals surface area (Å²) in [6.07, 6.45) is 3.66. The standard InChI is InChI=1S/C22H30N6S2/c1-3-19(20-11-8-15-30-20)26-22(23-12-14-28-17-25-27-21(28)4-2)24-13-16-29-18-9-6-5-7-10-18/h5-11,15,17,19H,3-4,12-14,16H2,1-2H3,(H2,23,24,26). The largest absolute Gasteiger partial charge is 0.356 e. The van der Waals surface area contributed by atoms with Crippen molar-refractivity contribution in [1.29, 1.82) is 0 Å². The molecule has 8 heteroatoms. The Hall–Kier alpha value is -2.32. The van der Waals surface area contributed by atoms with E-state index in [1.807, 2.05) is 17.8 Å². The van der Waals surface area contributed by atoms with Gasteiger partial charge in [0, 0.05) is 35.0 Å². The Kier molecular flexibility index (Phi) is 9.24. The summed E-state index contributed by atoms with van der Waals surface area (Å²) >= 11 is 3.63. The molecule has 0 fully saturated rings. The Labute approximate surface area is 187 Å². The molecule has 0 saturated heterocycles. The molecule has 3 rings (SSSR count). The molecule has 0 saturated carbocycles. The molecular weight excluding hydrogens is 412 g/mol. The van der Waals surface area contributed by atoms with Gasteiger partial charge in [0.05, 0.1) is 12.6 Å². The van der Waals surface area contributed by atoms with Gasteiger partial charge in [-0.3, -0.25) is 4.99 Å². The van der Waals surface area contributed by atoms with Crippen molar-refractivity contribution in [2.24, 2.45) is 4.99 Å². The minimum absolute atomic E-state index is 0.263. The van der Waals surface area contributed by atoms with Gasteiger partial charge in [-0.25, -0.2) is 0 Å². The highest BCUT2D eigenvalue weighted by molar-refractivity contribution is 7.99. The minimum atomic E-state index is 0.263. The SMILES string of the molecule is CCc1nncn1CCN=C(NCCSc1ccccc1)NC(CC)c1cccs1. The summed E-state index contributed by atoms with van der Waals surface area (Å²) in [5.41, 5.74) is 0. The summed E-state index contributed by atoms with van der Waals surface area (Å²) in [6.45, 7) is 6.59. The molecule has 1 atom stereocenters. The smallest absolute Gasteiger partial charge is 0.191 e. The number of thioether (sulfide) groups is 1. The molecule has 0 amide bonds. The van der Waals surface area contributed by atoms with E-state index in [1.54, 1.807) is 17.7 Å². The normalized spacial score (nSPS) is 12.7. The van der Waals surface area contributed by atoms with Crippen LogP contribution in [0.4, 0.5) is 0 Å². The zero-order valence-corrected chi connectivity index (χ0v) is 19.3. The van der Waals surface area contributed by atoms with Crippen LogP contribution in [0.3, 0.4) is 0 Å². The topological polar surface area (TPSA) is 67.1 Å². The van der Waals surface area contributed by atoms with E-state index in [4.69, 9.17) is 4.99 Å². The maximum absolute atomic E-state index is 4.83. The highest BCUT2D eigenvalue weighted by Crippen LogP contribution is 2.21. The summed E-state index contributed by atoms with van der Waals surface area (Å²) in [5, 5.41) is 17.4. The van der Waals surface area contributed by atoms with E-state index in [2.05, 4.69) is 81.0 Å². The molecule has 2 aromatic heterocycles. The van der Waals surface area contributed by atoms with Crippen molar-refractivity contribution in [2.75, 3.05) is 18.8 Å². The van der Waals surface area contributed by atoms with Crippen molar-refractivity contribution in [3.05, 3.63) is 64.9 Å². The second-order valence-corrected chi connectivity index (χ2v) is 8.88. The molecule has 3 aromatic rings. The molecule has 30 heavy (non-hydrogen) atoms. The first kappa shape index (κ1) is 22.4. The van der Waals surface area contributed by atoms with E-state index in [-0.39, 0.29) is 6.04 Å². The van der Waals surface area contributed by atoms with Crippen LogP contribution in [0.2, 0.25) is 0 Å². The van der Waals surface area contributed by atoms with Crippen LogP contribution in [0.5, 0.6) is 0 Å². The molecule has 1 aromatic carbocycles. The van der Waals surface area contributed by atoms with Crippen LogP contribution in [-0.4, -0.2) is 39.6 Å². The number of benzene rings is 1. The number of aromatic nitrogens is 3. The summed E-state index contributed by atoms with van der Waals surface area (Å²) < 4.78 is 2.07. The predicted octanol–water partition coefficient (Wildman–Crippen LogP) is 4.38. The number of rotatable bonds is 11. The minimum Gasteiger partial charge on any atom is -0.356 e. The summed E-state index contributed by atoms with van der Waals surface area (Å²) in [4.78, 5) is 7.45. The van der Waals surface area contributed by atoms with Crippen molar-refractivity contribution in [3.63, 3.8) is 0 Å². The lowest BCUT2D eigenvalue weighted by Gasteiger charge is -2.20. The first-order chi connectivity index (χ1) is 14.8. The zero-order valence-electron chi connectivity index (χ0n) is 17.6. The lowest BCUT2D eigenvalue weighted by atomic mass is 10.2. The van der Waals surface area contributed by atoms with Gasteiger partial charge in [0.25, 0.3) is 0 Å². The molecule has 0 aliphatic heterocycles. The number of thiophene rings is 1. The second-order valence-electron chi connectivity index (χ2n) is 6.73. The van der Waals surface area contributed by atoms with Gasteiger partial charge in [-0.2, -0.15) is 0 Å². The lowest BCUT2D eigenvalue weighted by molar-refractivity contribution is 0.612. The highest BCUT2D eigenvalue weighted by atomic mass is 32.2. The van der Waals surface area contributed by atoms with Crippen LogP contribution in [0.15, 0.2) is 64.1 Å². The number of hydrogen-bond donors (Lipinski definition) is 2. The van der Waals surface area contributed by atoms with Crippen molar-refractivity contribution < 1.29 is 0 Å². The quantitative estimate of drug-likeness (QED) is 0.200. The van der Waals surface area contributed by atoms with E-state index >= 15 is 0 Å². The van der Waals surface area contributed by atoms with Gasteiger partial charge in [-0.05, 0) is 30.0 Å². The summed E-state index contributed by atoms with van der Waals surface area (Å²) in [7, 11) is 0. The Morgan fingerprint density at radius 1 is 1.20 bits per heavy atom. The number of nitrogens with zero attached hydrogens (tertiary/aromatic N) is 4. The molecule has 0 aliphatic rings. The fourth-order valence-corrected chi connectivity index (χ4v) is 4.70. The summed E-state index contributed by atoms with van der Waals surface area (Å²) in [5.74, 6) is 2.83. The molecule has 0 spiro atoms. The van der Waals surface area contributed by atoms with Crippen LogP contribution < -0.4 is 10.6 Å². The highest BCUT2D eigenvalue weighted by Gasteiger charge is 2.12. The number of nitrogens with one attached hydrogen (secondary N) is 2. The zero-order chi connectivity index (χ0) is 21.0. The van der Waals surface area contributed by atoms with Gasteiger partial charge in [0.1, 0.15) is 12.2 Å². The van der Waals surface area contributed by atoms with Crippen molar-refractivity contribution in [3.8, 4) is 0 Å². The van der Waals surface area contributed by atoms with Crippen LogP contribution in [-0.2, 0) is 13.0 Å². The molecule has 0 aliphatic carbocycles. The average molecular weight is 443 g/mol. The molecular formula is C22H30N6S2. The number of guanidine groups is 1. The van der Waals surface area contributed by atoms with Gasteiger partial charge in [0.15, 0.2) is 5.96 Å². The number of aryl methyl sites for hydroxylation is 1. The molecule has 2 N–H and O–H groups in total. The van der Waals surface area contributed by atoms with E-state index in [9.17, 15) is 0 Å². The average Bonchev–Trinajstić information content (AvgIpc) is 3.47. The van der Waals surface area contributed by atoms with Crippen molar-refractivity contribution in [2.45, 2.75) is 44.2 Å². The first-order valence-corrected chi connectivity index (χ1v) is 12.3. The van der Waals surface area contributed by atoms with E-state index in [0.717, 1.165) is 43.5 Å². The van der Waals surface area contributed by atoms with E-state index in [0.29, 0.717) is 6.54 Å². The third-order valence-corrected chi connectivity index (χ3v) is 6.63. The van der Waals surface area contributed by atoms with Gasteiger partial charge < -0.3 is 15.2 Å². The Bertz CT molecular complexity index is 876. The lowest BCUT2D eigenvalue weighted by Crippen LogP contribution is -2.40. The van der Waals surface area contributed by atoms with Crippen molar-refractivity contribution >= 4 is 29.1 Å². The van der Waals surface area contributed by atoms with Gasteiger partial charge in [0.2, 0.25) is 0 Å². The van der Waals surface area contributed by atoms with Crippen molar-refractivity contribution in [1.82, 2.24) is 25.4 Å². The molecule has 0 radical (unpaired) electrons. The predicted molar refractivity (Wildman–Crippen MR) is 127 cm³/mol. The maximum Gasteiger partial charge on any atom is 0.191 e. The molecule has 6 nitrogen and oxygen atoms in total. The van der Waals surface area contributed by atoms with Crippen LogP contribution in [0.25, 0.3) is 0 Å². The van der Waals surface area contributed by atoms with Gasteiger partial charge in [-0.15, -0.1) is 33.3 Å². The fraction of sp³-hybridized carbons (Fsp3) is 0.409. The monoisotopic (exact) mass is 442 g/mol. The van der Waals surface area contributed by atoms with E-state index < -0.39 is 0 Å². The second kappa shape index (κ2) is 12.4. The number of hydrogen-bond acceptors (Lipinski definition) is 5. The van der Waals surface area contributed by atoms with Crippen LogP contribution in [0.1, 0.15) is 37.0 Å². The third kappa shape index (κ3) is 6.88. The molecule has 160 valence electrons. The fourth-order valence-electron chi connectivity index (χ4n) is 3.05. The first-order valence-electron chi connectivity index (χ1n) is 10.4. The van der Waals surface area contributed by atoms with Crippen LogP contribution in [0, 0.1) is 0 Å². The van der Waals surface area contributed by atoms with Gasteiger partial charge >= 0.3 is 0 Å². The van der Waals surface area contributed by atoms with E-state index in [1.165, 1.54) is 9.77 Å². The molecule has 1 unspecified atom stereocenters. The van der Waals surface area contributed by atoms with Crippen LogP contribution >= 0.6 is 23.1 Å². The van der Waals surface area contributed by atoms with Gasteiger partial charge in [-0.1, -0.05) is 38.1 Å². The summed E-state index contributed by atoms with van der Waals surface area (Å²) in [6, 6.07) is 15.0. The third-order valence-electron chi connectivity index (χ3n) is 4.64.